The molecular formula is C12H21F2SiTi. The molecule has 4 heteroatoms. The van der Waals surface area contributed by atoms with Crippen LogP contribution < -0.4 is 0 Å². The Bertz CT molecular complexity index is 277. The van der Waals surface area contributed by atoms with Crippen LogP contribution in [-0.4, -0.2) is 8.74 Å². The summed E-state index contributed by atoms with van der Waals surface area (Å²) in [6, 6.07) is 0. The number of hydrogen-bond acceptors (Lipinski definition) is 0. The molecule has 0 amide bonds. The standard InChI is InChI=1S/C10H15F2Si.2CH3.Ti/c1-6-7(2)9(4)10(8(6)3)13(5,11)12;;;/h10H,5H2,1-4H3;2*1H3;/q3*-1;+3. The maximum absolute atomic E-state index is 13.2. The second-order valence-electron chi connectivity index (χ2n) is 3.81. The largest absolute Gasteiger partial charge is 3.00 e. The minimum atomic E-state index is -4.30. The van der Waals surface area contributed by atoms with Gasteiger partial charge in [-0.2, -0.15) is 0 Å². The third-order valence-electron chi connectivity index (χ3n) is 3.03. The first-order valence-corrected chi connectivity index (χ1v) is 6.39. The summed E-state index contributed by atoms with van der Waals surface area (Å²) in [5, 5.41) is 0. The molecule has 0 aliphatic heterocycles. The maximum atomic E-state index is 13.2. The van der Waals surface area contributed by atoms with E-state index >= 15 is 0 Å². The molecule has 0 heterocycles. The van der Waals surface area contributed by atoms with E-state index < -0.39 is 14.3 Å². The molecule has 0 aromatic rings. The summed E-state index contributed by atoms with van der Waals surface area (Å²) in [4.78, 5) is 0. The van der Waals surface area contributed by atoms with Crippen LogP contribution in [0.4, 0.5) is 8.22 Å². The van der Waals surface area contributed by atoms with Gasteiger partial charge in [-0.05, 0) is 38.8 Å². The third-order valence-corrected chi connectivity index (χ3v) is 4.74. The van der Waals surface area contributed by atoms with E-state index in [4.69, 9.17) is 0 Å². The zero-order valence-electron chi connectivity index (χ0n) is 11.0. The van der Waals surface area contributed by atoms with Gasteiger partial charge < -0.3 is 23.1 Å². The normalized spacial score (nSPS) is 16.7. The van der Waals surface area contributed by atoms with Gasteiger partial charge in [-0.1, -0.05) is 11.1 Å². The molecule has 16 heavy (non-hydrogen) atoms. The molecule has 0 atom stereocenters. The second kappa shape index (κ2) is 6.87. The van der Waals surface area contributed by atoms with Crippen LogP contribution in [0.3, 0.4) is 0 Å². The van der Waals surface area contributed by atoms with E-state index in [1.807, 2.05) is 13.8 Å². The van der Waals surface area contributed by atoms with Gasteiger partial charge in [0.15, 0.2) is 0 Å². The summed E-state index contributed by atoms with van der Waals surface area (Å²) < 4.78 is 26.5. The molecule has 0 aromatic heterocycles. The van der Waals surface area contributed by atoms with Gasteiger partial charge in [0.1, 0.15) is 0 Å². The van der Waals surface area contributed by atoms with Gasteiger partial charge in [-0.25, -0.2) is 0 Å². The Morgan fingerprint density at radius 2 is 1.19 bits per heavy atom. The summed E-state index contributed by atoms with van der Waals surface area (Å²) >= 11 is 0. The summed E-state index contributed by atoms with van der Waals surface area (Å²) in [6.45, 7) is 10.5. The van der Waals surface area contributed by atoms with E-state index in [-0.39, 0.29) is 36.6 Å². The van der Waals surface area contributed by atoms with Crippen molar-refractivity contribution in [3.63, 3.8) is 0 Å². The van der Waals surface area contributed by atoms with Crippen molar-refractivity contribution in [1.82, 2.24) is 0 Å². The topological polar surface area (TPSA) is 0 Å². The van der Waals surface area contributed by atoms with Crippen LogP contribution in [0, 0.1) is 21.4 Å². The van der Waals surface area contributed by atoms with Crippen molar-refractivity contribution in [3.05, 3.63) is 43.7 Å². The zero-order valence-corrected chi connectivity index (χ0v) is 13.6. The number of rotatable bonds is 1. The first kappa shape index (κ1) is 21.5. The van der Waals surface area contributed by atoms with E-state index in [0.29, 0.717) is 0 Å². The molecule has 0 fully saturated rings. The third kappa shape index (κ3) is 3.64. The maximum Gasteiger partial charge on any atom is 3.00 e. The van der Waals surface area contributed by atoms with Gasteiger partial charge in [-0.3, -0.25) is 6.55 Å². The molecule has 1 aliphatic carbocycles. The molecule has 0 saturated heterocycles. The first-order valence-electron chi connectivity index (χ1n) is 4.35. The van der Waals surface area contributed by atoms with Crippen LogP contribution >= 0.6 is 0 Å². The van der Waals surface area contributed by atoms with Gasteiger partial charge in [0.2, 0.25) is 0 Å². The van der Waals surface area contributed by atoms with Crippen LogP contribution in [0.2, 0.25) is 5.54 Å². The minimum Gasteiger partial charge on any atom is -0.358 e. The Labute approximate surface area is 115 Å². The van der Waals surface area contributed by atoms with E-state index in [9.17, 15) is 8.22 Å². The zero-order chi connectivity index (χ0) is 10.4. The van der Waals surface area contributed by atoms with Crippen LogP contribution in [0.5, 0.6) is 0 Å². The molecule has 0 unspecified atom stereocenters. The summed E-state index contributed by atoms with van der Waals surface area (Å²) in [5.41, 5.74) is 3.05. The van der Waals surface area contributed by atoms with Crippen LogP contribution in [0.1, 0.15) is 27.7 Å². The molecule has 0 aromatic carbocycles. The van der Waals surface area contributed by atoms with Crippen molar-refractivity contribution in [2.75, 3.05) is 0 Å². The van der Waals surface area contributed by atoms with E-state index in [2.05, 4.69) is 6.55 Å². The molecule has 91 valence electrons. The van der Waals surface area contributed by atoms with E-state index in [1.54, 1.807) is 13.8 Å². The van der Waals surface area contributed by atoms with Gasteiger partial charge in [-0.15, -0.1) is 0 Å². The smallest absolute Gasteiger partial charge is 0.358 e. The van der Waals surface area contributed by atoms with Crippen LogP contribution in [-0.2, 0) is 21.7 Å². The fraction of sp³-hybridized carbons (Fsp3) is 0.417. The Morgan fingerprint density at radius 3 is 1.31 bits per heavy atom. The molecule has 0 nitrogen and oxygen atoms in total. The van der Waals surface area contributed by atoms with Crippen molar-refractivity contribution < 1.29 is 29.9 Å². The summed E-state index contributed by atoms with van der Waals surface area (Å²) in [5.74, 6) is 0. The number of hydrogen-bond donors (Lipinski definition) is 0. The van der Waals surface area contributed by atoms with E-state index in [1.165, 1.54) is 0 Å². The number of halogens is 2. The predicted octanol–water partition coefficient (Wildman–Crippen LogP) is 4.70. The van der Waals surface area contributed by atoms with Crippen molar-refractivity contribution in [3.8, 4) is 0 Å². The Kier molecular flexibility index (Phi) is 9.26. The fourth-order valence-electron chi connectivity index (χ4n) is 1.98. The van der Waals surface area contributed by atoms with Crippen molar-refractivity contribution in [2.45, 2.75) is 33.2 Å². The Balaban J connectivity index is -0.000000563. The second-order valence-corrected chi connectivity index (χ2v) is 5.91. The number of allylic oxidation sites excluding steroid dienone is 4. The monoisotopic (exact) mass is 279 g/mol. The van der Waals surface area contributed by atoms with Crippen molar-refractivity contribution >= 4 is 8.74 Å². The summed E-state index contributed by atoms with van der Waals surface area (Å²) in [6.07, 6.45) is 0. The average Bonchev–Trinajstić information content (AvgIpc) is 2.14. The molecule has 1 rings (SSSR count). The van der Waals surface area contributed by atoms with Gasteiger partial charge in [0.05, 0.1) is 0 Å². The van der Waals surface area contributed by atoms with Gasteiger partial charge >= 0.3 is 21.7 Å². The average molecular weight is 279 g/mol. The van der Waals surface area contributed by atoms with Crippen molar-refractivity contribution in [2.24, 2.45) is 0 Å². The minimum absolute atomic E-state index is 0. The van der Waals surface area contributed by atoms with Crippen molar-refractivity contribution in [1.29, 1.82) is 0 Å². The Morgan fingerprint density at radius 1 is 0.938 bits per heavy atom. The van der Waals surface area contributed by atoms with Crippen LogP contribution in [0.25, 0.3) is 0 Å². The molecule has 0 spiro atoms. The molecule has 0 N–H and O–H groups in total. The molecule has 0 bridgehead atoms. The van der Waals surface area contributed by atoms with E-state index in [0.717, 1.165) is 22.3 Å². The SMILES string of the molecule is [CH2-][Si](F)(F)C1C(C)=C(C)C(C)=C1C.[CH3-].[CH3-].[Ti+3]. The predicted molar refractivity (Wildman–Crippen MR) is 66.7 cm³/mol. The summed E-state index contributed by atoms with van der Waals surface area (Å²) in [7, 11) is -4.30. The Hall–Kier alpha value is 0.271. The molecule has 1 aliphatic rings. The molecule has 1 radical (unpaired) electrons. The quantitative estimate of drug-likeness (QED) is 0.371. The fourth-order valence-corrected chi connectivity index (χ4v) is 3.68. The molecule has 0 saturated carbocycles. The van der Waals surface area contributed by atoms with Gasteiger partial charge in [0, 0.05) is 5.54 Å². The van der Waals surface area contributed by atoms with Crippen LogP contribution in [0.15, 0.2) is 22.3 Å². The van der Waals surface area contributed by atoms with Gasteiger partial charge in [0.25, 0.3) is 8.74 Å². The first-order chi connectivity index (χ1) is 5.76. The molecular weight excluding hydrogens is 258 g/mol.